The van der Waals surface area contributed by atoms with Crippen molar-refractivity contribution in [2.45, 2.75) is 31.3 Å². The number of aromatic nitrogens is 4. The summed E-state index contributed by atoms with van der Waals surface area (Å²) in [5.41, 5.74) is 4.01. The molecule has 0 fully saturated rings. The van der Waals surface area contributed by atoms with Gasteiger partial charge in [0.1, 0.15) is 0 Å². The zero-order valence-electron chi connectivity index (χ0n) is 15.6. The predicted octanol–water partition coefficient (Wildman–Crippen LogP) is 3.44. The number of rotatable bonds is 6. The van der Waals surface area contributed by atoms with Gasteiger partial charge < -0.3 is 15.2 Å². The van der Waals surface area contributed by atoms with E-state index in [-0.39, 0.29) is 6.03 Å². The first kappa shape index (κ1) is 18.9. The SMILES string of the molecule is Cc1cccc(C)c1NC(=O)NCc1nnc(SCc2cccnc2)n1C. The van der Waals surface area contributed by atoms with Crippen molar-refractivity contribution < 1.29 is 4.79 Å². The number of hydrogen-bond acceptors (Lipinski definition) is 5. The standard InChI is InChI=1S/C19H22N6OS/c1-13-6-4-7-14(2)17(13)22-18(26)21-11-16-23-24-19(25(16)3)27-12-15-8-5-9-20-10-15/h4-10H,11-12H2,1-3H3,(H2,21,22,26). The van der Waals surface area contributed by atoms with Gasteiger partial charge in [-0.15, -0.1) is 10.2 Å². The highest BCUT2D eigenvalue weighted by atomic mass is 32.2. The summed E-state index contributed by atoms with van der Waals surface area (Å²) < 4.78 is 1.89. The van der Waals surface area contributed by atoms with Crippen LogP contribution in [0.5, 0.6) is 0 Å². The summed E-state index contributed by atoms with van der Waals surface area (Å²) in [7, 11) is 1.89. The van der Waals surface area contributed by atoms with Gasteiger partial charge in [-0.25, -0.2) is 4.79 Å². The molecule has 0 unspecified atom stereocenters. The van der Waals surface area contributed by atoms with E-state index >= 15 is 0 Å². The van der Waals surface area contributed by atoms with E-state index in [0.29, 0.717) is 12.4 Å². The fourth-order valence-electron chi connectivity index (χ4n) is 2.58. The summed E-state index contributed by atoms with van der Waals surface area (Å²) >= 11 is 1.58. The summed E-state index contributed by atoms with van der Waals surface area (Å²) in [5, 5.41) is 14.9. The van der Waals surface area contributed by atoms with E-state index in [1.54, 1.807) is 18.0 Å². The number of nitrogens with zero attached hydrogens (tertiary/aromatic N) is 4. The second kappa shape index (κ2) is 8.68. The van der Waals surface area contributed by atoms with E-state index in [9.17, 15) is 4.79 Å². The van der Waals surface area contributed by atoms with E-state index in [2.05, 4.69) is 25.8 Å². The smallest absolute Gasteiger partial charge is 0.319 e. The molecule has 0 aliphatic carbocycles. The van der Waals surface area contributed by atoms with Crippen molar-refractivity contribution in [2.75, 3.05) is 5.32 Å². The van der Waals surface area contributed by atoms with Crippen LogP contribution >= 0.6 is 11.8 Å². The molecule has 0 saturated heterocycles. The van der Waals surface area contributed by atoms with Crippen molar-refractivity contribution in [3.63, 3.8) is 0 Å². The third-order valence-corrected chi connectivity index (χ3v) is 5.23. The zero-order chi connectivity index (χ0) is 19.2. The lowest BCUT2D eigenvalue weighted by atomic mass is 10.1. The number of amides is 2. The monoisotopic (exact) mass is 382 g/mol. The van der Waals surface area contributed by atoms with Crippen LogP contribution in [0.15, 0.2) is 47.9 Å². The molecule has 2 amide bonds. The van der Waals surface area contributed by atoms with Crippen LogP contribution in [0, 0.1) is 13.8 Å². The van der Waals surface area contributed by atoms with Gasteiger partial charge >= 0.3 is 6.03 Å². The van der Waals surface area contributed by atoms with Crippen molar-refractivity contribution in [1.29, 1.82) is 0 Å². The maximum atomic E-state index is 12.2. The largest absolute Gasteiger partial charge is 0.331 e. The fraction of sp³-hybridized carbons (Fsp3) is 0.263. The van der Waals surface area contributed by atoms with Gasteiger partial charge in [0.05, 0.1) is 6.54 Å². The molecule has 2 N–H and O–H groups in total. The van der Waals surface area contributed by atoms with E-state index in [0.717, 1.165) is 33.3 Å². The van der Waals surface area contributed by atoms with Crippen molar-refractivity contribution in [2.24, 2.45) is 7.05 Å². The van der Waals surface area contributed by atoms with Gasteiger partial charge in [0.15, 0.2) is 11.0 Å². The minimum atomic E-state index is -0.264. The highest BCUT2D eigenvalue weighted by molar-refractivity contribution is 7.98. The van der Waals surface area contributed by atoms with E-state index in [1.807, 2.05) is 62.0 Å². The summed E-state index contributed by atoms with van der Waals surface area (Å²) in [5.74, 6) is 1.46. The number of carbonyl (C=O) groups excluding carboxylic acids is 1. The first-order chi connectivity index (χ1) is 13.0. The maximum absolute atomic E-state index is 12.2. The van der Waals surface area contributed by atoms with Crippen LogP contribution in [-0.4, -0.2) is 25.8 Å². The third-order valence-electron chi connectivity index (χ3n) is 4.14. The molecule has 2 heterocycles. The predicted molar refractivity (Wildman–Crippen MR) is 107 cm³/mol. The Bertz CT molecular complexity index is 905. The second-order valence-electron chi connectivity index (χ2n) is 6.18. The lowest BCUT2D eigenvalue weighted by Crippen LogP contribution is -2.29. The molecule has 0 bridgehead atoms. The first-order valence-corrected chi connectivity index (χ1v) is 9.54. The summed E-state index contributed by atoms with van der Waals surface area (Å²) in [4.78, 5) is 16.3. The molecule has 3 aromatic rings. The molecular formula is C19H22N6OS. The molecular weight excluding hydrogens is 360 g/mol. The Morgan fingerprint density at radius 1 is 1.15 bits per heavy atom. The third kappa shape index (κ3) is 4.85. The average Bonchev–Trinajstić information content (AvgIpc) is 3.02. The molecule has 8 heteroatoms. The zero-order valence-corrected chi connectivity index (χ0v) is 16.4. The van der Waals surface area contributed by atoms with Crippen LogP contribution in [0.25, 0.3) is 0 Å². The lowest BCUT2D eigenvalue weighted by Gasteiger charge is -2.12. The van der Waals surface area contributed by atoms with Crippen LogP contribution in [0.4, 0.5) is 10.5 Å². The molecule has 0 spiro atoms. The first-order valence-electron chi connectivity index (χ1n) is 8.55. The number of hydrogen-bond donors (Lipinski definition) is 2. The van der Waals surface area contributed by atoms with E-state index < -0.39 is 0 Å². The molecule has 1 aromatic carbocycles. The molecule has 27 heavy (non-hydrogen) atoms. The number of anilines is 1. The van der Waals surface area contributed by atoms with Gasteiger partial charge in [0, 0.05) is 30.9 Å². The minimum absolute atomic E-state index is 0.264. The van der Waals surface area contributed by atoms with Crippen molar-refractivity contribution >= 4 is 23.5 Å². The number of benzene rings is 1. The number of para-hydroxylation sites is 1. The quantitative estimate of drug-likeness (QED) is 0.638. The van der Waals surface area contributed by atoms with Gasteiger partial charge in [-0.05, 0) is 36.6 Å². The number of aryl methyl sites for hydroxylation is 2. The Kier molecular flexibility index (Phi) is 6.08. The summed E-state index contributed by atoms with van der Waals surface area (Å²) in [6.45, 7) is 4.24. The average molecular weight is 382 g/mol. The molecule has 140 valence electrons. The molecule has 0 atom stereocenters. The number of pyridine rings is 1. The van der Waals surface area contributed by atoms with Gasteiger partial charge in [-0.3, -0.25) is 4.98 Å². The van der Waals surface area contributed by atoms with Crippen LogP contribution in [0.1, 0.15) is 22.5 Å². The topological polar surface area (TPSA) is 84.7 Å². The number of carbonyl (C=O) groups is 1. The molecule has 2 aromatic heterocycles. The maximum Gasteiger partial charge on any atom is 0.319 e. The van der Waals surface area contributed by atoms with Crippen LogP contribution < -0.4 is 10.6 Å². The number of urea groups is 1. The highest BCUT2D eigenvalue weighted by Gasteiger charge is 2.12. The number of thioether (sulfide) groups is 1. The van der Waals surface area contributed by atoms with E-state index in [4.69, 9.17) is 0 Å². The van der Waals surface area contributed by atoms with E-state index in [1.165, 1.54) is 0 Å². The molecule has 7 nitrogen and oxygen atoms in total. The Hall–Kier alpha value is -2.87. The van der Waals surface area contributed by atoms with Crippen LogP contribution in [-0.2, 0) is 19.3 Å². The second-order valence-corrected chi connectivity index (χ2v) is 7.12. The normalized spacial score (nSPS) is 10.6. The molecule has 3 rings (SSSR count). The van der Waals surface area contributed by atoms with Gasteiger partial charge in [-0.2, -0.15) is 0 Å². The molecule has 0 radical (unpaired) electrons. The highest BCUT2D eigenvalue weighted by Crippen LogP contribution is 2.21. The van der Waals surface area contributed by atoms with Crippen molar-refractivity contribution in [3.05, 3.63) is 65.2 Å². The molecule has 0 aliphatic heterocycles. The van der Waals surface area contributed by atoms with Gasteiger partial charge in [0.2, 0.25) is 0 Å². The van der Waals surface area contributed by atoms with Gasteiger partial charge in [-0.1, -0.05) is 36.0 Å². The van der Waals surface area contributed by atoms with Crippen LogP contribution in [0.2, 0.25) is 0 Å². The fourth-order valence-corrected chi connectivity index (χ4v) is 3.45. The Labute approximate surface area is 162 Å². The van der Waals surface area contributed by atoms with Gasteiger partial charge in [0.25, 0.3) is 0 Å². The Morgan fingerprint density at radius 2 is 1.93 bits per heavy atom. The Balaban J connectivity index is 1.55. The van der Waals surface area contributed by atoms with Crippen molar-refractivity contribution in [3.8, 4) is 0 Å². The summed E-state index contributed by atoms with van der Waals surface area (Å²) in [6, 6.07) is 9.58. The molecule has 0 aliphatic rings. The van der Waals surface area contributed by atoms with Crippen LogP contribution in [0.3, 0.4) is 0 Å². The Morgan fingerprint density at radius 3 is 2.63 bits per heavy atom. The van der Waals surface area contributed by atoms with Crippen molar-refractivity contribution in [1.82, 2.24) is 25.1 Å². The number of nitrogens with one attached hydrogen (secondary N) is 2. The molecule has 0 saturated carbocycles. The lowest BCUT2D eigenvalue weighted by molar-refractivity contribution is 0.251. The summed E-state index contributed by atoms with van der Waals surface area (Å²) in [6.07, 6.45) is 3.59. The minimum Gasteiger partial charge on any atom is -0.331 e.